The summed E-state index contributed by atoms with van der Waals surface area (Å²) in [7, 11) is 3.07. The number of H-pyrrole nitrogens is 2. The lowest BCUT2D eigenvalue weighted by atomic mass is 10.2. The second-order valence-corrected chi connectivity index (χ2v) is 7.36. The summed E-state index contributed by atoms with van der Waals surface area (Å²) in [4.78, 5) is 34.7. The van der Waals surface area contributed by atoms with Gasteiger partial charge in [-0.25, -0.2) is 0 Å². The molecule has 0 saturated carbocycles. The number of nitrogens with zero attached hydrogens (tertiary/aromatic N) is 1. The first-order valence-corrected chi connectivity index (χ1v) is 10.5. The lowest BCUT2D eigenvalue weighted by molar-refractivity contribution is 0.305. The van der Waals surface area contributed by atoms with Crippen LogP contribution in [0.5, 0.6) is 17.2 Å². The topological polar surface area (TPSA) is 106 Å². The maximum atomic E-state index is 12.6. The fourth-order valence-electron chi connectivity index (χ4n) is 3.23. The molecular weight excluding hydrogens is 434 g/mol. The van der Waals surface area contributed by atoms with Gasteiger partial charge >= 0.3 is 0 Å². The van der Waals surface area contributed by atoms with Crippen LogP contribution in [0.1, 0.15) is 16.8 Å². The third-order valence-corrected chi connectivity index (χ3v) is 4.97. The van der Waals surface area contributed by atoms with E-state index in [9.17, 15) is 9.59 Å². The lowest BCUT2D eigenvalue weighted by Crippen LogP contribution is -2.46. The Labute approximate surface area is 194 Å². The van der Waals surface area contributed by atoms with Crippen molar-refractivity contribution in [2.75, 3.05) is 14.2 Å². The molecule has 0 atom stereocenters. The highest BCUT2D eigenvalue weighted by atomic mass is 16.5. The molecule has 34 heavy (non-hydrogen) atoms. The van der Waals surface area contributed by atoms with Crippen molar-refractivity contribution in [3.63, 3.8) is 0 Å². The van der Waals surface area contributed by atoms with Crippen LogP contribution in [0, 0.1) is 0 Å². The van der Waals surface area contributed by atoms with Crippen molar-refractivity contribution in [2.45, 2.75) is 6.61 Å². The van der Waals surface area contributed by atoms with Crippen molar-refractivity contribution in [1.29, 1.82) is 0 Å². The van der Waals surface area contributed by atoms with Crippen molar-refractivity contribution in [3.8, 4) is 17.2 Å². The van der Waals surface area contributed by atoms with Crippen LogP contribution in [0.25, 0.3) is 12.2 Å². The number of ether oxygens (including phenoxy) is 3. The highest BCUT2D eigenvalue weighted by Gasteiger charge is 2.03. The first-order valence-electron chi connectivity index (χ1n) is 10.5. The summed E-state index contributed by atoms with van der Waals surface area (Å²) in [6.45, 7) is 0.426. The lowest BCUT2D eigenvalue weighted by Gasteiger charge is -2.06. The summed E-state index contributed by atoms with van der Waals surface area (Å²) in [5.74, 6) is 1.73. The summed E-state index contributed by atoms with van der Waals surface area (Å²) < 4.78 is 16.2. The minimum Gasteiger partial charge on any atom is -0.497 e. The number of nitrogens with one attached hydrogen (secondary N) is 2. The fraction of sp³-hybridized carbons (Fsp3) is 0.115. The molecule has 0 aliphatic carbocycles. The first-order chi connectivity index (χ1) is 16.5. The van der Waals surface area contributed by atoms with Crippen molar-refractivity contribution < 1.29 is 14.2 Å². The molecule has 0 aliphatic heterocycles. The Hall–Kier alpha value is -4.59. The van der Waals surface area contributed by atoms with Gasteiger partial charge in [0.25, 0.3) is 11.1 Å². The predicted molar refractivity (Wildman–Crippen MR) is 129 cm³/mol. The Balaban J connectivity index is 1.58. The Bertz CT molecular complexity index is 1490. The molecule has 0 spiro atoms. The number of hydrogen-bond acceptors (Lipinski definition) is 6. The molecular formula is C26H23N3O5. The van der Waals surface area contributed by atoms with Crippen molar-refractivity contribution in [1.82, 2.24) is 15.0 Å². The normalized spacial score (nSPS) is 11.9. The number of pyridine rings is 1. The van der Waals surface area contributed by atoms with Crippen LogP contribution >= 0.6 is 0 Å². The maximum absolute atomic E-state index is 12.6. The van der Waals surface area contributed by atoms with Crippen LogP contribution in [0.15, 0.2) is 76.4 Å². The highest BCUT2D eigenvalue weighted by molar-refractivity contribution is 5.54. The zero-order valence-corrected chi connectivity index (χ0v) is 18.7. The van der Waals surface area contributed by atoms with E-state index in [4.69, 9.17) is 14.2 Å². The molecule has 8 heteroatoms. The predicted octanol–water partition coefficient (Wildman–Crippen LogP) is 1.71. The van der Waals surface area contributed by atoms with Gasteiger partial charge in [-0.15, -0.1) is 0 Å². The van der Waals surface area contributed by atoms with Gasteiger partial charge in [-0.3, -0.25) is 14.6 Å². The third-order valence-electron chi connectivity index (χ3n) is 4.97. The van der Waals surface area contributed by atoms with Crippen LogP contribution in [-0.4, -0.2) is 29.2 Å². The minimum absolute atomic E-state index is 0.0934. The van der Waals surface area contributed by atoms with E-state index in [0.29, 0.717) is 35.1 Å². The Morgan fingerprint density at radius 3 is 2.03 bits per heavy atom. The average molecular weight is 457 g/mol. The molecule has 172 valence electrons. The number of aromatic amines is 2. The van der Waals surface area contributed by atoms with E-state index in [0.717, 1.165) is 5.56 Å². The first kappa shape index (κ1) is 22.6. The van der Waals surface area contributed by atoms with Crippen molar-refractivity contribution in [3.05, 3.63) is 115 Å². The van der Waals surface area contributed by atoms with Crippen LogP contribution in [0.3, 0.4) is 0 Å². The molecule has 0 saturated heterocycles. The molecule has 2 aromatic heterocycles. The third kappa shape index (κ3) is 5.60. The Morgan fingerprint density at radius 2 is 1.44 bits per heavy atom. The van der Waals surface area contributed by atoms with Gasteiger partial charge in [-0.2, -0.15) is 0 Å². The average Bonchev–Trinajstić information content (AvgIpc) is 2.87. The van der Waals surface area contributed by atoms with Gasteiger partial charge in [0.05, 0.1) is 26.1 Å². The molecule has 0 radical (unpaired) electrons. The molecule has 0 amide bonds. The van der Waals surface area contributed by atoms with Gasteiger partial charge in [0.2, 0.25) is 0 Å². The zero-order chi connectivity index (χ0) is 23.9. The summed E-state index contributed by atoms with van der Waals surface area (Å²) in [6.07, 6.45) is 4.62. The van der Waals surface area contributed by atoms with Crippen LogP contribution in [0.2, 0.25) is 0 Å². The van der Waals surface area contributed by atoms with E-state index < -0.39 is 11.1 Å². The van der Waals surface area contributed by atoms with E-state index >= 15 is 0 Å². The summed E-state index contributed by atoms with van der Waals surface area (Å²) in [5, 5.41) is 0.200. The molecule has 0 unspecified atom stereocenters. The second-order valence-electron chi connectivity index (χ2n) is 7.36. The van der Waals surface area contributed by atoms with Gasteiger partial charge in [-0.05, 0) is 47.5 Å². The summed E-state index contributed by atoms with van der Waals surface area (Å²) in [6, 6.07) is 18.4. The molecule has 0 bridgehead atoms. The zero-order valence-electron chi connectivity index (χ0n) is 18.7. The Kier molecular flexibility index (Phi) is 6.88. The standard InChI is InChI=1S/C26H23N3O5/c1-32-21-10-18(11-22(14-21)33-2)12-23-25(30)29-24(26(31)28-23)13-19-8-9-20(15-27-19)34-16-17-6-4-3-5-7-17/h3-15H,16H2,1-2H3,(H,28,31)(H,29,30)/b23-12+,24-13+. The van der Waals surface area contributed by atoms with E-state index in [2.05, 4.69) is 15.0 Å². The number of rotatable bonds is 7. The van der Waals surface area contributed by atoms with Gasteiger partial charge < -0.3 is 24.2 Å². The maximum Gasteiger partial charge on any atom is 0.272 e. The minimum atomic E-state index is -0.452. The Morgan fingerprint density at radius 1 is 0.794 bits per heavy atom. The summed E-state index contributed by atoms with van der Waals surface area (Å²) >= 11 is 0. The quantitative estimate of drug-likeness (QED) is 0.438. The molecule has 2 heterocycles. The number of hydrogen-bond donors (Lipinski definition) is 2. The van der Waals surface area contributed by atoms with Crippen molar-refractivity contribution in [2.24, 2.45) is 0 Å². The van der Waals surface area contributed by atoms with E-state index in [1.54, 1.807) is 42.6 Å². The molecule has 8 nitrogen and oxygen atoms in total. The number of aromatic nitrogens is 3. The molecule has 0 aliphatic rings. The van der Waals surface area contributed by atoms with Gasteiger partial charge in [0.15, 0.2) is 0 Å². The summed E-state index contributed by atoms with van der Waals surface area (Å²) in [5.41, 5.74) is 1.29. The molecule has 2 aromatic carbocycles. The number of benzene rings is 2. The van der Waals surface area contributed by atoms with Crippen LogP contribution in [0.4, 0.5) is 0 Å². The smallest absolute Gasteiger partial charge is 0.272 e. The largest absolute Gasteiger partial charge is 0.497 e. The van der Waals surface area contributed by atoms with Gasteiger partial charge in [0, 0.05) is 6.07 Å². The van der Waals surface area contributed by atoms with Crippen LogP contribution < -0.4 is 36.0 Å². The second kappa shape index (κ2) is 10.4. The molecule has 4 aromatic rings. The molecule has 0 fully saturated rings. The molecule has 4 rings (SSSR count). The van der Waals surface area contributed by atoms with E-state index in [1.807, 2.05) is 30.3 Å². The van der Waals surface area contributed by atoms with Crippen LogP contribution in [-0.2, 0) is 6.61 Å². The van der Waals surface area contributed by atoms with E-state index in [1.165, 1.54) is 20.3 Å². The van der Waals surface area contributed by atoms with Crippen molar-refractivity contribution >= 4 is 12.2 Å². The van der Waals surface area contributed by atoms with Gasteiger partial charge in [-0.1, -0.05) is 30.3 Å². The fourth-order valence-corrected chi connectivity index (χ4v) is 3.23. The van der Waals surface area contributed by atoms with Gasteiger partial charge in [0.1, 0.15) is 34.6 Å². The monoisotopic (exact) mass is 457 g/mol. The molecule has 2 N–H and O–H groups in total. The van der Waals surface area contributed by atoms with E-state index in [-0.39, 0.29) is 10.7 Å². The number of methoxy groups -OCH3 is 2. The SMILES string of the molecule is COc1cc(/C=c2/[nH]c(=O)/c(=C\c3ccc(OCc4ccccc4)cn3)[nH]c2=O)cc(OC)c1. The highest BCUT2D eigenvalue weighted by Crippen LogP contribution is 2.22.